The fourth-order valence-corrected chi connectivity index (χ4v) is 3.30. The van der Waals surface area contributed by atoms with E-state index in [1.54, 1.807) is 6.34 Å². The minimum absolute atomic E-state index is 0. The Bertz CT molecular complexity index is 1170. The van der Waals surface area contributed by atoms with E-state index in [4.69, 9.17) is 4.98 Å². The van der Waals surface area contributed by atoms with Gasteiger partial charge in [-0.2, -0.15) is 30.3 Å². The Balaban J connectivity index is 0.000000282. The van der Waals surface area contributed by atoms with Crippen molar-refractivity contribution in [3.63, 3.8) is 0 Å². The molecule has 0 atom stereocenters. The molecule has 0 unspecified atom stereocenters. The summed E-state index contributed by atoms with van der Waals surface area (Å²) in [5.74, 6) is 0.723. The van der Waals surface area contributed by atoms with Gasteiger partial charge in [-0.05, 0) is 16.6 Å². The van der Waals surface area contributed by atoms with E-state index < -0.39 is 0 Å². The first-order valence-electron chi connectivity index (χ1n) is 8.88. The van der Waals surface area contributed by atoms with E-state index in [0.717, 1.165) is 51.4 Å². The fraction of sp³-hybridized carbons (Fsp3) is 0.0435. The van der Waals surface area contributed by atoms with Crippen molar-refractivity contribution in [3.8, 4) is 11.3 Å². The third kappa shape index (κ3) is 3.38. The Hall–Kier alpha value is -3.14. The summed E-state index contributed by atoms with van der Waals surface area (Å²) >= 11 is 0. The molecule has 6 rings (SSSR count). The number of aromatic nitrogens is 1. The van der Waals surface area contributed by atoms with Crippen LogP contribution in [0, 0.1) is 0 Å². The first kappa shape index (κ1) is 18.2. The maximum absolute atomic E-state index is 4.85. The van der Waals surface area contributed by atoms with Crippen molar-refractivity contribution in [2.75, 3.05) is 0 Å². The number of fused-ring (bicyclic) bond motifs is 4. The normalized spacial score (nSPS) is 13.6. The molecule has 0 saturated heterocycles. The average molecular weight is 404 g/mol. The second kappa shape index (κ2) is 7.85. The van der Waals surface area contributed by atoms with Gasteiger partial charge in [0, 0.05) is 6.42 Å². The van der Waals surface area contributed by atoms with Crippen molar-refractivity contribution in [1.29, 1.82) is 0 Å². The first-order valence-corrected chi connectivity index (χ1v) is 8.88. The summed E-state index contributed by atoms with van der Waals surface area (Å²) in [6.45, 7) is 0. The maximum atomic E-state index is 4.85. The molecule has 1 aromatic heterocycles. The molecule has 3 heterocycles. The van der Waals surface area contributed by atoms with Gasteiger partial charge >= 0.3 is 17.1 Å². The van der Waals surface area contributed by atoms with Gasteiger partial charge in [-0.1, -0.05) is 23.8 Å². The van der Waals surface area contributed by atoms with E-state index in [9.17, 15) is 0 Å². The first-order chi connectivity index (χ1) is 13.4. The summed E-state index contributed by atoms with van der Waals surface area (Å²) in [7, 11) is 0. The average Bonchev–Trinajstić information content (AvgIpc) is 3.50. The van der Waals surface area contributed by atoms with Crippen LogP contribution in [0.3, 0.4) is 0 Å². The monoisotopic (exact) mass is 404 g/mol. The number of rotatable bonds is 1. The number of hydrogen-bond donors (Lipinski definition) is 0. The third-order valence-corrected chi connectivity index (χ3v) is 4.66. The molecule has 0 bridgehead atoms. The van der Waals surface area contributed by atoms with Crippen molar-refractivity contribution in [2.24, 2.45) is 15.0 Å². The molecule has 4 aromatic rings. The van der Waals surface area contributed by atoms with Gasteiger partial charge in [0.25, 0.3) is 0 Å². The molecule has 28 heavy (non-hydrogen) atoms. The van der Waals surface area contributed by atoms with Crippen LogP contribution in [0.4, 0.5) is 5.69 Å². The zero-order valence-electron chi connectivity index (χ0n) is 14.9. The van der Waals surface area contributed by atoms with Gasteiger partial charge < -0.3 is 0 Å². The molecule has 2 aliphatic heterocycles. The van der Waals surface area contributed by atoms with E-state index in [1.165, 1.54) is 0 Å². The van der Waals surface area contributed by atoms with Crippen molar-refractivity contribution in [2.45, 2.75) is 6.42 Å². The van der Waals surface area contributed by atoms with Crippen LogP contribution in [0.1, 0.15) is 5.56 Å². The van der Waals surface area contributed by atoms with Gasteiger partial charge in [-0.25, -0.2) is 27.1 Å². The van der Waals surface area contributed by atoms with Crippen molar-refractivity contribution in [1.82, 2.24) is 4.98 Å². The Morgan fingerprint density at radius 2 is 1.71 bits per heavy atom. The van der Waals surface area contributed by atoms with Gasteiger partial charge in [0.15, 0.2) is 5.84 Å². The molecule has 0 fully saturated rings. The summed E-state index contributed by atoms with van der Waals surface area (Å²) in [6.07, 6.45) is 2.34. The van der Waals surface area contributed by atoms with Crippen LogP contribution in [0.25, 0.3) is 22.2 Å². The molecular weight excluding hydrogens is 388 g/mol. The third-order valence-electron chi connectivity index (χ3n) is 4.66. The Morgan fingerprint density at radius 1 is 0.929 bits per heavy atom. The molecular formula is C23H16FeN4. The SMILES string of the molecule is C1=NC2=Nc3c(ccc4ccc(-[c-]5cccc5)nc34)CC2=N1.[Fe+2].c1cc[cH-]c1. The van der Waals surface area contributed by atoms with Crippen LogP contribution >= 0.6 is 0 Å². The minimum atomic E-state index is 0. The number of pyridine rings is 1. The van der Waals surface area contributed by atoms with E-state index >= 15 is 0 Å². The van der Waals surface area contributed by atoms with E-state index in [0.29, 0.717) is 0 Å². The second-order valence-electron chi connectivity index (χ2n) is 6.41. The molecule has 0 spiro atoms. The number of hydrogen-bond acceptors (Lipinski definition) is 4. The van der Waals surface area contributed by atoms with E-state index in [-0.39, 0.29) is 17.1 Å². The predicted molar refractivity (Wildman–Crippen MR) is 112 cm³/mol. The molecule has 0 amide bonds. The van der Waals surface area contributed by atoms with E-state index in [1.807, 2.05) is 42.5 Å². The smallest absolute Gasteiger partial charge is 0.266 e. The topological polar surface area (TPSA) is 50.0 Å². The Kier molecular flexibility index (Phi) is 5.11. The summed E-state index contributed by atoms with van der Waals surface area (Å²) in [5, 5.41) is 1.10. The second-order valence-corrected chi connectivity index (χ2v) is 6.41. The van der Waals surface area contributed by atoms with Crippen LogP contribution in [0.5, 0.6) is 0 Å². The quantitative estimate of drug-likeness (QED) is 0.322. The molecule has 3 aromatic carbocycles. The molecule has 4 nitrogen and oxygen atoms in total. The van der Waals surface area contributed by atoms with Crippen molar-refractivity contribution >= 4 is 34.5 Å². The fourth-order valence-electron chi connectivity index (χ4n) is 3.30. The number of nitrogens with zero attached hydrogens (tertiary/aromatic N) is 4. The summed E-state index contributed by atoms with van der Waals surface area (Å²) in [6, 6.07) is 26.6. The zero-order chi connectivity index (χ0) is 18.1. The molecule has 0 N–H and O–H groups in total. The molecule has 0 radical (unpaired) electrons. The Labute approximate surface area is 173 Å². The standard InChI is InChI=1S/C18H11N4.C5H5.Fe/c1-2-4-11(3-1)14-8-7-12-5-6-13-9-15-18(20-10-19-15)22-17(13)16(12)21-14;1-2-4-5-3-1;/h1-8,10H,9H2;1-5H;/q2*-1;+2. The summed E-state index contributed by atoms with van der Waals surface area (Å²) in [5.41, 5.74) is 6.07. The number of aliphatic imine (C=N–C) groups is 3. The van der Waals surface area contributed by atoms with Gasteiger partial charge in [-0.3, -0.25) is 4.98 Å². The largest absolute Gasteiger partial charge is 2.00 e. The van der Waals surface area contributed by atoms with Gasteiger partial charge in [0.2, 0.25) is 0 Å². The van der Waals surface area contributed by atoms with Crippen LogP contribution in [0.15, 0.2) is 93.8 Å². The summed E-state index contributed by atoms with van der Waals surface area (Å²) < 4.78 is 0. The van der Waals surface area contributed by atoms with Crippen LogP contribution in [-0.4, -0.2) is 22.9 Å². The molecule has 5 heteroatoms. The molecule has 136 valence electrons. The van der Waals surface area contributed by atoms with Gasteiger partial charge in [0.05, 0.1) is 16.9 Å². The number of benzene rings is 1. The van der Waals surface area contributed by atoms with Gasteiger partial charge in [-0.15, -0.1) is 18.2 Å². The van der Waals surface area contributed by atoms with E-state index in [2.05, 4.69) is 51.4 Å². The van der Waals surface area contributed by atoms with Crippen LogP contribution in [0.2, 0.25) is 0 Å². The predicted octanol–water partition coefficient (Wildman–Crippen LogP) is 5.09. The number of amidine groups is 1. The molecule has 0 aliphatic carbocycles. The van der Waals surface area contributed by atoms with Crippen LogP contribution in [-0.2, 0) is 23.5 Å². The Morgan fingerprint density at radius 3 is 2.46 bits per heavy atom. The van der Waals surface area contributed by atoms with Crippen molar-refractivity contribution < 1.29 is 17.1 Å². The minimum Gasteiger partial charge on any atom is -0.266 e. The molecule has 0 saturated carbocycles. The summed E-state index contributed by atoms with van der Waals surface area (Å²) in [4.78, 5) is 18.0. The van der Waals surface area contributed by atoms with Crippen molar-refractivity contribution in [3.05, 3.63) is 84.4 Å². The van der Waals surface area contributed by atoms with Crippen LogP contribution < -0.4 is 0 Å². The molecule has 2 aliphatic rings. The van der Waals surface area contributed by atoms with Gasteiger partial charge in [0.1, 0.15) is 6.34 Å². The maximum Gasteiger partial charge on any atom is 2.00 e. The zero-order valence-corrected chi connectivity index (χ0v) is 16.0.